The van der Waals surface area contributed by atoms with Crippen molar-refractivity contribution in [2.45, 2.75) is 24.5 Å². The minimum atomic E-state index is -3.18. The molecule has 0 bridgehead atoms. The van der Waals surface area contributed by atoms with Gasteiger partial charge in [-0.2, -0.15) is 0 Å². The van der Waals surface area contributed by atoms with E-state index in [1.807, 2.05) is 24.3 Å². The van der Waals surface area contributed by atoms with Crippen molar-refractivity contribution in [2.24, 2.45) is 4.99 Å². The van der Waals surface area contributed by atoms with E-state index >= 15 is 0 Å². The van der Waals surface area contributed by atoms with Gasteiger partial charge in [0.2, 0.25) is 0 Å². The first-order valence-corrected chi connectivity index (χ1v) is 10.1. The Balaban J connectivity index is 1.68. The van der Waals surface area contributed by atoms with Gasteiger partial charge in [-0.25, -0.2) is 13.4 Å². The number of hydrogen-bond acceptors (Lipinski definition) is 5. The Morgan fingerprint density at radius 2 is 1.80 bits per heavy atom. The molecule has 0 radical (unpaired) electrons. The third kappa shape index (κ3) is 4.67. The highest BCUT2D eigenvalue weighted by Crippen LogP contribution is 2.21. The first-order valence-electron chi connectivity index (χ1n) is 8.17. The molecule has 25 heavy (non-hydrogen) atoms. The maximum Gasteiger partial charge on any atom is 0.198 e. The molecule has 1 unspecified atom stereocenters. The molecule has 0 aliphatic carbocycles. The molecule has 1 heterocycles. The summed E-state index contributed by atoms with van der Waals surface area (Å²) in [7, 11) is -3.18. The fourth-order valence-electron chi connectivity index (χ4n) is 2.65. The molecule has 0 aromatic heterocycles. The fraction of sp³-hybridized carbons (Fsp3) is 0.316. The van der Waals surface area contributed by atoms with Crippen LogP contribution in [0.5, 0.6) is 0 Å². The molecule has 132 valence electrons. The number of hydrogen-bond donors (Lipinski definition) is 1. The highest BCUT2D eigenvalue weighted by molar-refractivity contribution is 7.90. The van der Waals surface area contributed by atoms with E-state index in [1.54, 1.807) is 12.1 Å². The van der Waals surface area contributed by atoms with Crippen LogP contribution < -0.4 is 5.32 Å². The number of nitrogens with zero attached hydrogens (tertiary/aromatic N) is 1. The van der Waals surface area contributed by atoms with Crippen molar-refractivity contribution >= 4 is 15.7 Å². The van der Waals surface area contributed by atoms with Crippen LogP contribution in [0.1, 0.15) is 22.7 Å². The molecule has 0 saturated heterocycles. The van der Waals surface area contributed by atoms with Crippen molar-refractivity contribution in [3.63, 3.8) is 0 Å². The lowest BCUT2D eigenvalue weighted by Crippen LogP contribution is -2.34. The summed E-state index contributed by atoms with van der Waals surface area (Å²) in [5.74, 6) is 0.670. The third-order valence-electron chi connectivity index (χ3n) is 4.13. The lowest BCUT2D eigenvalue weighted by Gasteiger charge is -2.22. The van der Waals surface area contributed by atoms with Crippen LogP contribution >= 0.6 is 0 Å². The minimum absolute atomic E-state index is 0.0737. The molecular formula is C19H22N2O3S. The lowest BCUT2D eigenvalue weighted by molar-refractivity contribution is 0.275. The van der Waals surface area contributed by atoms with Gasteiger partial charge in [0, 0.05) is 12.8 Å². The van der Waals surface area contributed by atoms with Gasteiger partial charge in [-0.05, 0) is 30.2 Å². The number of aryl methyl sites for hydroxylation is 1. The van der Waals surface area contributed by atoms with Gasteiger partial charge < -0.3 is 10.1 Å². The largest absolute Gasteiger partial charge is 0.475 e. The molecule has 2 aromatic rings. The minimum Gasteiger partial charge on any atom is -0.475 e. The Labute approximate surface area is 148 Å². The summed E-state index contributed by atoms with van der Waals surface area (Å²) in [4.78, 5) is 4.98. The second-order valence-corrected chi connectivity index (χ2v) is 8.30. The summed E-state index contributed by atoms with van der Waals surface area (Å²) in [5.41, 5.74) is 3.29. The van der Waals surface area contributed by atoms with Gasteiger partial charge in [-0.15, -0.1) is 0 Å². The zero-order valence-electron chi connectivity index (χ0n) is 14.4. The topological polar surface area (TPSA) is 67.8 Å². The van der Waals surface area contributed by atoms with Crippen LogP contribution in [-0.2, 0) is 21.2 Å². The van der Waals surface area contributed by atoms with Gasteiger partial charge in [0.05, 0.1) is 17.5 Å². The van der Waals surface area contributed by atoms with E-state index in [0.717, 1.165) is 11.1 Å². The average Bonchev–Trinajstić information content (AvgIpc) is 2.61. The number of rotatable bonds is 4. The molecule has 1 N–H and O–H groups in total. The summed E-state index contributed by atoms with van der Waals surface area (Å²) >= 11 is 0. The van der Waals surface area contributed by atoms with Crippen molar-refractivity contribution in [1.29, 1.82) is 0 Å². The van der Waals surface area contributed by atoms with Gasteiger partial charge in [-0.1, -0.05) is 42.0 Å². The zero-order valence-corrected chi connectivity index (χ0v) is 15.2. The quantitative estimate of drug-likeness (QED) is 0.912. The van der Waals surface area contributed by atoms with E-state index in [-0.39, 0.29) is 6.04 Å². The molecule has 0 spiro atoms. The van der Waals surface area contributed by atoms with Gasteiger partial charge in [0.25, 0.3) is 0 Å². The average molecular weight is 358 g/mol. The Hall–Kier alpha value is -2.18. The van der Waals surface area contributed by atoms with E-state index in [4.69, 9.17) is 4.74 Å². The molecule has 3 rings (SSSR count). The molecule has 0 fully saturated rings. The summed E-state index contributed by atoms with van der Waals surface area (Å²) in [6.45, 7) is 3.85. The predicted octanol–water partition coefficient (Wildman–Crippen LogP) is 2.66. The predicted molar refractivity (Wildman–Crippen MR) is 98.6 cm³/mol. The van der Waals surface area contributed by atoms with Crippen molar-refractivity contribution in [3.8, 4) is 0 Å². The molecule has 1 aliphatic rings. The number of ether oxygens (including phenoxy) is 1. The highest BCUT2D eigenvalue weighted by Gasteiger charge is 2.18. The molecule has 1 atom stereocenters. The van der Waals surface area contributed by atoms with Crippen LogP contribution in [0, 0.1) is 6.92 Å². The Morgan fingerprint density at radius 3 is 2.44 bits per heavy atom. The summed E-state index contributed by atoms with van der Waals surface area (Å²) in [5, 5.41) is 3.30. The van der Waals surface area contributed by atoms with Gasteiger partial charge in [0.15, 0.2) is 15.7 Å². The van der Waals surface area contributed by atoms with E-state index in [0.29, 0.717) is 30.5 Å². The Bertz CT molecular complexity index is 857. The van der Waals surface area contributed by atoms with Crippen LogP contribution in [0.25, 0.3) is 0 Å². The van der Waals surface area contributed by atoms with E-state index in [9.17, 15) is 8.42 Å². The monoisotopic (exact) mass is 358 g/mol. The van der Waals surface area contributed by atoms with E-state index < -0.39 is 9.84 Å². The molecule has 6 heteroatoms. The summed E-state index contributed by atoms with van der Waals surface area (Å²) < 4.78 is 28.9. The second-order valence-electron chi connectivity index (χ2n) is 6.29. The van der Waals surface area contributed by atoms with Gasteiger partial charge >= 0.3 is 0 Å². The van der Waals surface area contributed by atoms with Gasteiger partial charge in [-0.3, -0.25) is 0 Å². The summed E-state index contributed by atoms with van der Waals surface area (Å²) in [6.07, 6.45) is 1.21. The normalized spacial score (nSPS) is 17.8. The van der Waals surface area contributed by atoms with Crippen LogP contribution in [-0.4, -0.2) is 33.7 Å². The Kier molecular flexibility index (Phi) is 5.20. The zero-order chi connectivity index (χ0) is 17.9. The smallest absolute Gasteiger partial charge is 0.198 e. The van der Waals surface area contributed by atoms with Crippen LogP contribution in [0.4, 0.5) is 0 Å². The first-order chi connectivity index (χ1) is 11.9. The molecule has 2 aromatic carbocycles. The van der Waals surface area contributed by atoms with Crippen LogP contribution in [0.2, 0.25) is 0 Å². The third-order valence-corrected chi connectivity index (χ3v) is 5.26. The van der Waals surface area contributed by atoms with E-state index in [2.05, 4.69) is 29.4 Å². The number of benzene rings is 2. The SMILES string of the molecule is Cc1ccc(COC2=NC(c3ccc(S(C)(=O)=O)cc3)CNC2)cc1. The van der Waals surface area contributed by atoms with Crippen molar-refractivity contribution in [1.82, 2.24) is 5.32 Å². The number of aliphatic imine (C=N–C) groups is 1. The first kappa shape index (κ1) is 17.6. The Morgan fingerprint density at radius 1 is 1.12 bits per heavy atom. The molecular weight excluding hydrogens is 336 g/mol. The second kappa shape index (κ2) is 7.37. The van der Waals surface area contributed by atoms with Crippen molar-refractivity contribution in [3.05, 3.63) is 65.2 Å². The highest BCUT2D eigenvalue weighted by atomic mass is 32.2. The number of sulfone groups is 1. The van der Waals surface area contributed by atoms with Crippen molar-refractivity contribution in [2.75, 3.05) is 19.3 Å². The van der Waals surface area contributed by atoms with Crippen LogP contribution in [0.3, 0.4) is 0 Å². The molecule has 1 aliphatic heterocycles. The molecule has 0 amide bonds. The number of nitrogens with one attached hydrogen (secondary N) is 1. The molecule has 0 saturated carbocycles. The maximum atomic E-state index is 11.6. The van der Waals surface area contributed by atoms with Crippen LogP contribution in [0.15, 0.2) is 58.4 Å². The summed E-state index contributed by atoms with van der Waals surface area (Å²) in [6, 6.07) is 15.0. The standard InChI is InChI=1S/C19H22N2O3S/c1-14-3-5-15(6-4-14)13-24-19-12-20-11-18(21-19)16-7-9-17(10-8-16)25(2,22)23/h3-10,18,20H,11-13H2,1-2H3. The molecule has 5 nitrogen and oxygen atoms in total. The fourth-order valence-corrected chi connectivity index (χ4v) is 3.28. The lowest BCUT2D eigenvalue weighted by atomic mass is 10.1. The maximum absolute atomic E-state index is 11.6. The van der Waals surface area contributed by atoms with E-state index in [1.165, 1.54) is 11.8 Å². The van der Waals surface area contributed by atoms with Gasteiger partial charge in [0.1, 0.15) is 6.61 Å². The van der Waals surface area contributed by atoms with Crippen molar-refractivity contribution < 1.29 is 13.2 Å².